The van der Waals surface area contributed by atoms with Gasteiger partial charge >= 0.3 is 0 Å². The Labute approximate surface area is 163 Å². The first-order chi connectivity index (χ1) is 13.2. The summed E-state index contributed by atoms with van der Waals surface area (Å²) in [7, 11) is 0. The quantitative estimate of drug-likeness (QED) is 0.757. The number of rotatable bonds is 4. The van der Waals surface area contributed by atoms with Gasteiger partial charge < -0.3 is 14.4 Å². The molecule has 4 rings (SSSR count). The lowest BCUT2D eigenvalue weighted by atomic mass is 10.1. The molecule has 2 aromatic carbocycles. The summed E-state index contributed by atoms with van der Waals surface area (Å²) in [6.07, 6.45) is 3.44. The molecule has 5 nitrogen and oxygen atoms in total. The fourth-order valence-corrected chi connectivity index (χ4v) is 3.51. The Kier molecular flexibility index (Phi) is 5.32. The second kappa shape index (κ2) is 8.03. The number of ether oxygens (including phenoxy) is 2. The highest BCUT2D eigenvalue weighted by molar-refractivity contribution is 6.30. The maximum atomic E-state index is 12.4. The molecule has 0 aliphatic carbocycles. The zero-order valence-corrected chi connectivity index (χ0v) is 15.7. The second-order valence-electron chi connectivity index (χ2n) is 6.68. The summed E-state index contributed by atoms with van der Waals surface area (Å²) in [5, 5.41) is 0.668. The maximum Gasteiger partial charge on any atom is 0.246 e. The fraction of sp³-hybridized carbons (Fsp3) is 0.286. The molecule has 0 unspecified atom stereocenters. The Morgan fingerprint density at radius 3 is 2.67 bits per heavy atom. The number of benzene rings is 2. The molecule has 1 amide bonds. The van der Waals surface area contributed by atoms with Crippen molar-refractivity contribution >= 4 is 23.6 Å². The van der Waals surface area contributed by atoms with Gasteiger partial charge in [-0.05, 0) is 41.5 Å². The van der Waals surface area contributed by atoms with E-state index in [2.05, 4.69) is 11.0 Å². The van der Waals surface area contributed by atoms with Crippen LogP contribution in [0.3, 0.4) is 0 Å². The molecule has 6 heteroatoms. The third-order valence-electron chi connectivity index (χ3n) is 4.79. The summed E-state index contributed by atoms with van der Waals surface area (Å²) >= 11 is 5.97. The Balaban J connectivity index is 1.29. The van der Waals surface area contributed by atoms with E-state index in [1.807, 2.05) is 47.4 Å². The molecular weight excluding hydrogens is 364 g/mol. The van der Waals surface area contributed by atoms with Gasteiger partial charge in [0.1, 0.15) is 0 Å². The van der Waals surface area contributed by atoms with E-state index in [1.165, 1.54) is 5.56 Å². The molecule has 1 saturated heterocycles. The van der Waals surface area contributed by atoms with Crippen LogP contribution >= 0.6 is 11.6 Å². The molecule has 0 radical (unpaired) electrons. The van der Waals surface area contributed by atoms with Gasteiger partial charge in [0.2, 0.25) is 12.7 Å². The van der Waals surface area contributed by atoms with Gasteiger partial charge in [0, 0.05) is 43.8 Å². The summed E-state index contributed by atoms with van der Waals surface area (Å²) in [5.41, 5.74) is 2.12. The monoisotopic (exact) mass is 384 g/mol. The molecule has 0 N–H and O–H groups in total. The number of carbonyl (C=O) groups excluding carboxylic acids is 1. The summed E-state index contributed by atoms with van der Waals surface area (Å²) in [4.78, 5) is 16.6. The van der Waals surface area contributed by atoms with E-state index in [1.54, 1.807) is 6.08 Å². The van der Waals surface area contributed by atoms with Crippen LogP contribution in [-0.4, -0.2) is 48.7 Å². The van der Waals surface area contributed by atoms with Crippen LogP contribution in [0.5, 0.6) is 11.5 Å². The van der Waals surface area contributed by atoms with Crippen LogP contribution in [0.1, 0.15) is 11.1 Å². The van der Waals surface area contributed by atoms with E-state index < -0.39 is 0 Å². The number of piperazine rings is 1. The molecule has 0 bridgehead atoms. The molecule has 1 fully saturated rings. The first-order valence-electron chi connectivity index (χ1n) is 9.01. The first kappa shape index (κ1) is 17.9. The van der Waals surface area contributed by atoms with Crippen molar-refractivity contribution in [2.24, 2.45) is 0 Å². The predicted octanol–water partition coefficient (Wildman–Crippen LogP) is 3.43. The zero-order valence-electron chi connectivity index (χ0n) is 14.9. The van der Waals surface area contributed by atoms with Crippen molar-refractivity contribution in [3.8, 4) is 11.5 Å². The highest BCUT2D eigenvalue weighted by Crippen LogP contribution is 2.32. The first-order valence-corrected chi connectivity index (χ1v) is 9.39. The van der Waals surface area contributed by atoms with Crippen molar-refractivity contribution in [2.45, 2.75) is 6.54 Å². The van der Waals surface area contributed by atoms with Crippen molar-refractivity contribution in [1.29, 1.82) is 0 Å². The molecule has 0 saturated carbocycles. The molecule has 2 heterocycles. The summed E-state index contributed by atoms with van der Waals surface area (Å²) in [5.74, 6) is 1.66. The third-order valence-corrected chi connectivity index (χ3v) is 5.03. The number of nitrogens with zero attached hydrogens (tertiary/aromatic N) is 2. The van der Waals surface area contributed by atoms with Crippen LogP contribution in [0.25, 0.3) is 6.08 Å². The van der Waals surface area contributed by atoms with E-state index in [0.717, 1.165) is 49.8 Å². The van der Waals surface area contributed by atoms with Crippen LogP contribution in [-0.2, 0) is 11.3 Å². The fourth-order valence-electron chi connectivity index (χ4n) is 3.31. The van der Waals surface area contributed by atoms with Crippen LogP contribution in [0, 0.1) is 0 Å². The summed E-state index contributed by atoms with van der Waals surface area (Å²) in [6, 6.07) is 13.5. The average molecular weight is 385 g/mol. The van der Waals surface area contributed by atoms with Crippen LogP contribution in [0.15, 0.2) is 48.5 Å². The summed E-state index contributed by atoms with van der Waals surface area (Å²) in [6.45, 7) is 4.29. The minimum Gasteiger partial charge on any atom is -0.454 e. The van der Waals surface area contributed by atoms with Gasteiger partial charge in [0.25, 0.3) is 0 Å². The Bertz CT molecular complexity index is 860. The number of amides is 1. The lowest BCUT2D eigenvalue weighted by Crippen LogP contribution is -2.47. The zero-order chi connectivity index (χ0) is 18.6. The topological polar surface area (TPSA) is 42.0 Å². The van der Waals surface area contributed by atoms with E-state index >= 15 is 0 Å². The van der Waals surface area contributed by atoms with Crippen LogP contribution < -0.4 is 9.47 Å². The second-order valence-corrected chi connectivity index (χ2v) is 7.11. The van der Waals surface area contributed by atoms with Gasteiger partial charge in [-0.3, -0.25) is 9.69 Å². The molecule has 2 aliphatic rings. The highest BCUT2D eigenvalue weighted by Gasteiger charge is 2.20. The lowest BCUT2D eigenvalue weighted by molar-refractivity contribution is -0.127. The normalized spacial score (nSPS) is 16.9. The van der Waals surface area contributed by atoms with Crippen molar-refractivity contribution in [1.82, 2.24) is 9.80 Å². The van der Waals surface area contributed by atoms with Gasteiger partial charge in [-0.15, -0.1) is 0 Å². The molecule has 27 heavy (non-hydrogen) atoms. The van der Waals surface area contributed by atoms with Crippen molar-refractivity contribution in [3.63, 3.8) is 0 Å². The van der Waals surface area contributed by atoms with Gasteiger partial charge in [-0.25, -0.2) is 0 Å². The number of halogens is 1. The molecule has 2 aliphatic heterocycles. The van der Waals surface area contributed by atoms with E-state index in [9.17, 15) is 4.79 Å². The van der Waals surface area contributed by atoms with E-state index in [-0.39, 0.29) is 5.91 Å². The molecule has 0 atom stereocenters. The molecule has 0 aromatic heterocycles. The number of carbonyl (C=O) groups is 1. The van der Waals surface area contributed by atoms with Crippen molar-refractivity contribution < 1.29 is 14.3 Å². The number of fused-ring (bicyclic) bond motifs is 1. The molecule has 0 spiro atoms. The number of hydrogen-bond donors (Lipinski definition) is 0. The predicted molar refractivity (Wildman–Crippen MR) is 105 cm³/mol. The van der Waals surface area contributed by atoms with Crippen LogP contribution in [0.4, 0.5) is 0 Å². The Morgan fingerprint density at radius 2 is 1.85 bits per heavy atom. The van der Waals surface area contributed by atoms with Gasteiger partial charge in [0.05, 0.1) is 0 Å². The van der Waals surface area contributed by atoms with Gasteiger partial charge in [-0.2, -0.15) is 0 Å². The summed E-state index contributed by atoms with van der Waals surface area (Å²) < 4.78 is 10.8. The average Bonchev–Trinajstić information content (AvgIpc) is 3.15. The smallest absolute Gasteiger partial charge is 0.246 e. The maximum absolute atomic E-state index is 12.4. The number of hydrogen-bond acceptors (Lipinski definition) is 4. The molecule has 140 valence electrons. The van der Waals surface area contributed by atoms with Gasteiger partial charge in [0.15, 0.2) is 11.5 Å². The minimum atomic E-state index is 0.0395. The molecular formula is C21H21ClN2O3. The Morgan fingerprint density at radius 1 is 1.04 bits per heavy atom. The lowest BCUT2D eigenvalue weighted by Gasteiger charge is -2.34. The van der Waals surface area contributed by atoms with Gasteiger partial charge in [-0.1, -0.05) is 29.8 Å². The largest absolute Gasteiger partial charge is 0.454 e. The minimum absolute atomic E-state index is 0.0395. The van der Waals surface area contributed by atoms with E-state index in [0.29, 0.717) is 11.8 Å². The highest BCUT2D eigenvalue weighted by atomic mass is 35.5. The molecule has 2 aromatic rings. The SMILES string of the molecule is O=C(/C=C/c1cccc(Cl)c1)N1CCN(Cc2ccc3c(c2)OCO3)CC1. The third kappa shape index (κ3) is 4.43. The van der Waals surface area contributed by atoms with Crippen molar-refractivity contribution in [3.05, 3.63) is 64.7 Å². The van der Waals surface area contributed by atoms with Crippen molar-refractivity contribution in [2.75, 3.05) is 33.0 Å². The van der Waals surface area contributed by atoms with Crippen LogP contribution in [0.2, 0.25) is 5.02 Å². The van der Waals surface area contributed by atoms with E-state index in [4.69, 9.17) is 21.1 Å². The Hall–Kier alpha value is -2.50. The standard InChI is InChI=1S/C21H21ClN2O3/c22-18-3-1-2-16(12-18)5-7-21(25)24-10-8-23(9-11-24)14-17-4-6-19-20(13-17)27-15-26-19/h1-7,12-13H,8-11,14-15H2/b7-5+.